The van der Waals surface area contributed by atoms with E-state index in [1.807, 2.05) is 12.1 Å². The molecule has 0 fully saturated rings. The molecule has 1 aliphatic rings. The van der Waals surface area contributed by atoms with Gasteiger partial charge < -0.3 is 14.8 Å². The van der Waals surface area contributed by atoms with Gasteiger partial charge in [-0.1, -0.05) is 29.8 Å². The van der Waals surface area contributed by atoms with Crippen molar-refractivity contribution in [3.05, 3.63) is 58.6 Å². The fourth-order valence-corrected chi connectivity index (χ4v) is 2.86. The van der Waals surface area contributed by atoms with E-state index in [-0.39, 0.29) is 0 Å². The van der Waals surface area contributed by atoms with Crippen molar-refractivity contribution in [1.82, 2.24) is 0 Å². The highest BCUT2D eigenvalue weighted by Crippen LogP contribution is 2.32. The summed E-state index contributed by atoms with van der Waals surface area (Å²) in [7, 11) is 1.50. The number of anilines is 1. The number of esters is 1. The summed E-state index contributed by atoms with van der Waals surface area (Å²) in [5, 5.41) is 3.20. The lowest BCUT2D eigenvalue weighted by Gasteiger charge is -2.33. The van der Waals surface area contributed by atoms with E-state index in [4.69, 9.17) is 21.1 Å². The number of benzene rings is 2. The highest BCUT2D eigenvalue weighted by Gasteiger charge is 2.42. The molecule has 1 amide bonds. The van der Waals surface area contributed by atoms with Crippen LogP contribution in [0.5, 0.6) is 5.75 Å². The highest BCUT2D eigenvalue weighted by molar-refractivity contribution is 6.31. The van der Waals surface area contributed by atoms with E-state index in [9.17, 15) is 9.59 Å². The number of fused-ring (bicyclic) bond motifs is 1. The van der Waals surface area contributed by atoms with Crippen molar-refractivity contribution in [2.24, 2.45) is 0 Å². The first-order valence-electron chi connectivity index (χ1n) is 7.39. The van der Waals surface area contributed by atoms with Gasteiger partial charge in [-0.25, -0.2) is 4.79 Å². The van der Waals surface area contributed by atoms with Crippen molar-refractivity contribution >= 4 is 29.2 Å². The Morgan fingerprint density at radius 3 is 2.79 bits per heavy atom. The number of carbonyl (C=O) groups excluding carboxylic acids is 2. The van der Waals surface area contributed by atoms with Gasteiger partial charge in [-0.2, -0.15) is 0 Å². The maximum absolute atomic E-state index is 12.7. The van der Waals surface area contributed by atoms with Gasteiger partial charge in [0.15, 0.2) is 5.60 Å². The van der Waals surface area contributed by atoms with Gasteiger partial charge in [-0.15, -0.1) is 0 Å². The average molecular weight is 346 g/mol. The van der Waals surface area contributed by atoms with Crippen molar-refractivity contribution in [2.45, 2.75) is 18.9 Å². The monoisotopic (exact) mass is 345 g/mol. The highest BCUT2D eigenvalue weighted by atomic mass is 35.5. The molecule has 2 aromatic rings. The maximum atomic E-state index is 12.7. The number of hydrogen-bond donors (Lipinski definition) is 1. The van der Waals surface area contributed by atoms with Crippen LogP contribution in [0.15, 0.2) is 42.5 Å². The van der Waals surface area contributed by atoms with Crippen LogP contribution in [0.3, 0.4) is 0 Å². The zero-order valence-corrected chi connectivity index (χ0v) is 14.0. The first-order valence-corrected chi connectivity index (χ1v) is 7.77. The summed E-state index contributed by atoms with van der Waals surface area (Å²) in [6.45, 7) is 1.59. The van der Waals surface area contributed by atoms with Gasteiger partial charge in [0.25, 0.3) is 5.91 Å². The van der Waals surface area contributed by atoms with Crippen LogP contribution >= 0.6 is 11.6 Å². The number of carbonyl (C=O) groups is 2. The number of ether oxygens (including phenoxy) is 2. The topological polar surface area (TPSA) is 64.6 Å². The Labute approximate surface area is 144 Å². The van der Waals surface area contributed by atoms with Gasteiger partial charge in [0, 0.05) is 11.4 Å². The minimum absolute atomic E-state index is 0.295. The Bertz CT molecular complexity index is 820. The third-order valence-corrected chi connectivity index (χ3v) is 4.21. The predicted molar refractivity (Wildman–Crippen MR) is 90.6 cm³/mol. The third-order valence-electron chi connectivity index (χ3n) is 3.97. The summed E-state index contributed by atoms with van der Waals surface area (Å²) >= 11 is 5.98. The molecule has 5 nitrogen and oxygen atoms in total. The van der Waals surface area contributed by atoms with Crippen molar-refractivity contribution in [2.75, 3.05) is 12.4 Å². The van der Waals surface area contributed by atoms with Crippen LogP contribution in [0.25, 0.3) is 0 Å². The molecule has 1 heterocycles. The maximum Gasteiger partial charge on any atom is 0.339 e. The standard InChI is InChI=1S/C18H16ClNO4/c1-18(10-11-5-3-4-6-13(11)16(21)24-18)17(22)20-14-9-12(19)7-8-15(14)23-2/h3-9H,10H2,1-2H3,(H,20,22)/t18-/m1/s1. The number of nitrogens with one attached hydrogen (secondary N) is 1. The van der Waals surface area contributed by atoms with Gasteiger partial charge in [0.05, 0.1) is 18.4 Å². The molecule has 0 unspecified atom stereocenters. The minimum atomic E-state index is -1.31. The molecular formula is C18H16ClNO4. The molecule has 0 bridgehead atoms. The molecule has 124 valence electrons. The van der Waals surface area contributed by atoms with Crippen LogP contribution in [0.2, 0.25) is 5.02 Å². The third kappa shape index (κ3) is 2.95. The summed E-state index contributed by atoms with van der Waals surface area (Å²) in [5.74, 6) is -0.475. The molecule has 24 heavy (non-hydrogen) atoms. The van der Waals surface area contributed by atoms with Crippen molar-refractivity contribution in [3.63, 3.8) is 0 Å². The smallest absolute Gasteiger partial charge is 0.339 e. The zero-order valence-electron chi connectivity index (χ0n) is 13.3. The van der Waals surface area contributed by atoms with Crippen LogP contribution < -0.4 is 10.1 Å². The van der Waals surface area contributed by atoms with Gasteiger partial charge in [-0.3, -0.25) is 4.79 Å². The second-order valence-electron chi connectivity index (χ2n) is 5.75. The Morgan fingerprint density at radius 2 is 2.04 bits per heavy atom. The number of halogens is 1. The lowest BCUT2D eigenvalue weighted by atomic mass is 9.89. The van der Waals surface area contributed by atoms with Crippen LogP contribution in [0, 0.1) is 0 Å². The van der Waals surface area contributed by atoms with E-state index in [1.54, 1.807) is 37.3 Å². The second-order valence-corrected chi connectivity index (χ2v) is 6.19. The quantitative estimate of drug-likeness (QED) is 0.865. The van der Waals surface area contributed by atoms with E-state index in [0.717, 1.165) is 5.56 Å². The van der Waals surface area contributed by atoms with Crippen LogP contribution in [0.1, 0.15) is 22.8 Å². The summed E-state index contributed by atoms with van der Waals surface area (Å²) < 4.78 is 10.6. The molecule has 1 atom stereocenters. The van der Waals surface area contributed by atoms with Gasteiger partial charge in [0.2, 0.25) is 0 Å². The van der Waals surface area contributed by atoms with Crippen molar-refractivity contribution in [1.29, 1.82) is 0 Å². The second kappa shape index (κ2) is 6.17. The van der Waals surface area contributed by atoms with E-state index in [0.29, 0.717) is 28.4 Å². The molecule has 6 heteroatoms. The SMILES string of the molecule is COc1ccc(Cl)cc1NC(=O)[C@@]1(C)Cc2ccccc2C(=O)O1. The molecule has 0 saturated carbocycles. The van der Waals surface area contributed by atoms with Crippen molar-refractivity contribution < 1.29 is 19.1 Å². The first kappa shape index (κ1) is 16.3. The molecule has 0 aromatic heterocycles. The molecule has 3 rings (SSSR count). The number of rotatable bonds is 3. The van der Waals surface area contributed by atoms with Gasteiger partial charge >= 0.3 is 5.97 Å². The summed E-state index contributed by atoms with van der Waals surface area (Å²) in [4.78, 5) is 24.9. The Balaban J connectivity index is 1.88. The van der Waals surface area contributed by atoms with Gasteiger partial charge in [0.1, 0.15) is 5.75 Å². The molecule has 0 radical (unpaired) electrons. The molecule has 1 aliphatic heterocycles. The first-order chi connectivity index (χ1) is 11.4. The summed E-state index contributed by atoms with van der Waals surface area (Å²) in [6, 6.07) is 12.0. The summed E-state index contributed by atoms with van der Waals surface area (Å²) in [6.07, 6.45) is 0.295. The fraction of sp³-hybridized carbons (Fsp3) is 0.222. The van der Waals surface area contributed by atoms with E-state index < -0.39 is 17.5 Å². The molecule has 1 N–H and O–H groups in total. The number of hydrogen-bond acceptors (Lipinski definition) is 4. The Hall–Kier alpha value is -2.53. The van der Waals surface area contributed by atoms with Crippen molar-refractivity contribution in [3.8, 4) is 5.75 Å². The predicted octanol–water partition coefficient (Wildman–Crippen LogP) is 3.46. The number of amides is 1. The number of methoxy groups -OCH3 is 1. The van der Waals surface area contributed by atoms with Crippen LogP contribution in [0.4, 0.5) is 5.69 Å². The van der Waals surface area contributed by atoms with E-state index in [1.165, 1.54) is 7.11 Å². The van der Waals surface area contributed by atoms with Crippen LogP contribution in [-0.2, 0) is 16.0 Å². The lowest BCUT2D eigenvalue weighted by molar-refractivity contribution is -0.134. The minimum Gasteiger partial charge on any atom is -0.495 e. The zero-order chi connectivity index (χ0) is 17.3. The Kier molecular flexibility index (Phi) is 4.20. The van der Waals surface area contributed by atoms with E-state index >= 15 is 0 Å². The van der Waals surface area contributed by atoms with E-state index in [2.05, 4.69) is 5.32 Å². The van der Waals surface area contributed by atoms with Gasteiger partial charge in [-0.05, 0) is 36.8 Å². The number of cyclic esters (lactones) is 1. The van der Waals surface area contributed by atoms with Crippen LogP contribution in [-0.4, -0.2) is 24.6 Å². The summed E-state index contributed by atoms with van der Waals surface area (Å²) in [5.41, 5.74) is 0.386. The largest absolute Gasteiger partial charge is 0.495 e. The molecular weight excluding hydrogens is 330 g/mol. The molecule has 2 aromatic carbocycles. The molecule has 0 saturated heterocycles. The Morgan fingerprint density at radius 1 is 1.29 bits per heavy atom. The molecule has 0 aliphatic carbocycles. The average Bonchev–Trinajstić information content (AvgIpc) is 2.55. The molecule has 0 spiro atoms. The fourth-order valence-electron chi connectivity index (χ4n) is 2.69. The lowest BCUT2D eigenvalue weighted by Crippen LogP contribution is -2.48. The normalized spacial score (nSPS) is 19.2.